The fourth-order valence-electron chi connectivity index (χ4n) is 4.25. The third-order valence-corrected chi connectivity index (χ3v) is 5.64. The van der Waals surface area contributed by atoms with Gasteiger partial charge in [-0.05, 0) is 17.5 Å². The molecular weight excluding hydrogens is 334 g/mol. The van der Waals surface area contributed by atoms with Crippen molar-refractivity contribution in [1.82, 2.24) is 19.1 Å². The first-order chi connectivity index (χ1) is 12.5. The van der Waals surface area contributed by atoms with Crippen LogP contribution < -0.4 is 16.1 Å². The topological polar surface area (TPSA) is 85.2 Å². The number of H-pyrrole nitrogens is 1. The van der Waals surface area contributed by atoms with Gasteiger partial charge in [0.25, 0.3) is 5.56 Å². The molecule has 134 valence electrons. The molecule has 8 nitrogen and oxygen atoms in total. The summed E-state index contributed by atoms with van der Waals surface area (Å²) >= 11 is 0. The van der Waals surface area contributed by atoms with E-state index in [0.29, 0.717) is 30.3 Å². The van der Waals surface area contributed by atoms with Crippen molar-refractivity contribution >= 4 is 17.1 Å². The van der Waals surface area contributed by atoms with Gasteiger partial charge in [0.1, 0.15) is 5.60 Å². The van der Waals surface area contributed by atoms with Gasteiger partial charge in [-0.25, -0.2) is 4.79 Å². The SMILES string of the molecule is Cn1c(N2CCC3(C2)OCc2ccccc23)nc2c1c(=O)[nH]c(=O)n2C. The van der Waals surface area contributed by atoms with Crippen LogP contribution in [-0.2, 0) is 31.0 Å². The van der Waals surface area contributed by atoms with Gasteiger partial charge in [-0.1, -0.05) is 24.3 Å². The average Bonchev–Trinajstić information content (AvgIpc) is 3.31. The van der Waals surface area contributed by atoms with Crippen LogP contribution in [0.1, 0.15) is 17.5 Å². The van der Waals surface area contributed by atoms with Crippen molar-refractivity contribution in [3.63, 3.8) is 0 Å². The molecule has 0 amide bonds. The standard InChI is InChI=1S/C18H19N5O3/c1-21-13-14(22(2)17(25)20-15(13)24)19-16(21)23-8-7-18(10-23)12-6-4-3-5-11(12)9-26-18/h3-6H,7-10H2,1-2H3,(H,20,24,25). The molecule has 5 rings (SSSR count). The molecule has 1 spiro atoms. The first kappa shape index (κ1) is 15.4. The lowest BCUT2D eigenvalue weighted by atomic mass is 9.92. The minimum absolute atomic E-state index is 0.326. The molecule has 8 heteroatoms. The number of aryl methyl sites for hydroxylation is 2. The molecule has 2 aliphatic heterocycles. The average molecular weight is 353 g/mol. The fraction of sp³-hybridized carbons (Fsp3) is 0.389. The molecule has 26 heavy (non-hydrogen) atoms. The lowest BCUT2D eigenvalue weighted by molar-refractivity contribution is -0.0205. The molecule has 1 atom stereocenters. The van der Waals surface area contributed by atoms with E-state index >= 15 is 0 Å². The van der Waals surface area contributed by atoms with Crippen LogP contribution in [0.3, 0.4) is 0 Å². The molecular formula is C18H19N5O3. The number of aromatic amines is 1. The lowest BCUT2D eigenvalue weighted by Gasteiger charge is -2.25. The summed E-state index contributed by atoms with van der Waals surface area (Å²) in [5.41, 5.74) is 2.07. The van der Waals surface area contributed by atoms with E-state index in [1.807, 2.05) is 12.1 Å². The highest BCUT2D eigenvalue weighted by Crippen LogP contribution is 2.44. The number of ether oxygens (including phenoxy) is 1. The van der Waals surface area contributed by atoms with Crippen molar-refractivity contribution in [1.29, 1.82) is 0 Å². The molecule has 4 heterocycles. The lowest BCUT2D eigenvalue weighted by Crippen LogP contribution is -2.31. The Morgan fingerprint density at radius 3 is 2.85 bits per heavy atom. The minimum atomic E-state index is -0.460. The number of hydrogen-bond donors (Lipinski definition) is 1. The molecule has 1 N–H and O–H groups in total. The van der Waals surface area contributed by atoms with Gasteiger partial charge in [-0.2, -0.15) is 4.98 Å². The Hall–Kier alpha value is -2.87. The van der Waals surface area contributed by atoms with Gasteiger partial charge in [0, 0.05) is 20.6 Å². The van der Waals surface area contributed by atoms with Gasteiger partial charge in [0.15, 0.2) is 11.2 Å². The Labute approximate surface area is 148 Å². The Balaban J connectivity index is 1.60. The summed E-state index contributed by atoms with van der Waals surface area (Å²) in [7, 11) is 3.41. The number of anilines is 1. The number of imidazole rings is 1. The Morgan fingerprint density at radius 2 is 2.00 bits per heavy atom. The van der Waals surface area contributed by atoms with E-state index in [1.54, 1.807) is 18.7 Å². The molecule has 1 unspecified atom stereocenters. The molecule has 0 saturated carbocycles. The summed E-state index contributed by atoms with van der Waals surface area (Å²) in [6.07, 6.45) is 0.864. The van der Waals surface area contributed by atoms with Crippen LogP contribution in [0.4, 0.5) is 5.95 Å². The molecule has 2 aliphatic rings. The molecule has 0 radical (unpaired) electrons. The summed E-state index contributed by atoms with van der Waals surface area (Å²) in [6.45, 7) is 2.07. The third-order valence-electron chi connectivity index (χ3n) is 5.64. The number of rotatable bonds is 1. The summed E-state index contributed by atoms with van der Waals surface area (Å²) in [6, 6.07) is 8.32. The van der Waals surface area contributed by atoms with E-state index in [2.05, 4.69) is 27.0 Å². The van der Waals surface area contributed by atoms with Crippen LogP contribution in [0.25, 0.3) is 11.2 Å². The quantitative estimate of drug-likeness (QED) is 0.692. The number of benzene rings is 1. The van der Waals surface area contributed by atoms with E-state index < -0.39 is 11.2 Å². The molecule has 1 saturated heterocycles. The smallest absolute Gasteiger partial charge is 0.329 e. The molecule has 0 bridgehead atoms. The maximum Gasteiger partial charge on any atom is 0.329 e. The second-order valence-corrected chi connectivity index (χ2v) is 7.07. The molecule has 0 aliphatic carbocycles. The van der Waals surface area contributed by atoms with Crippen LogP contribution in [-0.4, -0.2) is 32.2 Å². The highest BCUT2D eigenvalue weighted by atomic mass is 16.5. The van der Waals surface area contributed by atoms with Crippen LogP contribution in [0, 0.1) is 0 Å². The number of nitrogens with zero attached hydrogens (tertiary/aromatic N) is 4. The predicted molar refractivity (Wildman–Crippen MR) is 96.3 cm³/mol. The van der Waals surface area contributed by atoms with E-state index in [1.165, 1.54) is 15.7 Å². The molecule has 1 fully saturated rings. The highest BCUT2D eigenvalue weighted by Gasteiger charge is 2.46. The molecule has 3 aromatic rings. The Kier molecular flexibility index (Phi) is 3.00. The Bertz CT molecular complexity index is 1160. The van der Waals surface area contributed by atoms with E-state index in [4.69, 9.17) is 4.74 Å². The van der Waals surface area contributed by atoms with Crippen molar-refractivity contribution in [2.45, 2.75) is 18.6 Å². The largest absolute Gasteiger partial charge is 0.364 e. The van der Waals surface area contributed by atoms with E-state index in [0.717, 1.165) is 13.0 Å². The zero-order chi connectivity index (χ0) is 18.1. The summed E-state index contributed by atoms with van der Waals surface area (Å²) < 4.78 is 9.33. The van der Waals surface area contributed by atoms with E-state index in [9.17, 15) is 9.59 Å². The highest BCUT2D eigenvalue weighted by molar-refractivity contribution is 5.74. The normalized spacial score (nSPS) is 21.8. The van der Waals surface area contributed by atoms with Gasteiger partial charge < -0.3 is 14.2 Å². The maximum absolute atomic E-state index is 12.2. The van der Waals surface area contributed by atoms with Crippen LogP contribution >= 0.6 is 0 Å². The van der Waals surface area contributed by atoms with Gasteiger partial charge in [0.2, 0.25) is 5.95 Å². The van der Waals surface area contributed by atoms with Crippen LogP contribution in [0.5, 0.6) is 0 Å². The van der Waals surface area contributed by atoms with Gasteiger partial charge in [-0.3, -0.25) is 14.3 Å². The van der Waals surface area contributed by atoms with E-state index in [-0.39, 0.29) is 5.60 Å². The molecule has 2 aromatic heterocycles. The monoisotopic (exact) mass is 353 g/mol. The third kappa shape index (κ3) is 1.90. The van der Waals surface area contributed by atoms with Crippen molar-refractivity contribution in [2.75, 3.05) is 18.0 Å². The second kappa shape index (κ2) is 5.07. The summed E-state index contributed by atoms with van der Waals surface area (Å²) in [5.74, 6) is 0.677. The van der Waals surface area contributed by atoms with Gasteiger partial charge >= 0.3 is 5.69 Å². The van der Waals surface area contributed by atoms with Crippen molar-refractivity contribution in [3.05, 3.63) is 56.2 Å². The summed E-state index contributed by atoms with van der Waals surface area (Å²) in [5, 5.41) is 0. The maximum atomic E-state index is 12.2. The second-order valence-electron chi connectivity index (χ2n) is 7.07. The first-order valence-electron chi connectivity index (χ1n) is 8.63. The number of nitrogens with one attached hydrogen (secondary N) is 1. The van der Waals surface area contributed by atoms with Gasteiger partial charge in [-0.15, -0.1) is 0 Å². The number of hydrogen-bond acceptors (Lipinski definition) is 5. The van der Waals surface area contributed by atoms with Crippen molar-refractivity contribution in [3.8, 4) is 0 Å². The number of fused-ring (bicyclic) bond motifs is 3. The van der Waals surface area contributed by atoms with Crippen molar-refractivity contribution < 1.29 is 4.74 Å². The molecule has 1 aromatic carbocycles. The van der Waals surface area contributed by atoms with Gasteiger partial charge in [0.05, 0.1) is 13.2 Å². The minimum Gasteiger partial charge on any atom is -0.364 e. The Morgan fingerprint density at radius 1 is 1.19 bits per heavy atom. The fourth-order valence-corrected chi connectivity index (χ4v) is 4.25. The zero-order valence-electron chi connectivity index (χ0n) is 14.7. The van der Waals surface area contributed by atoms with Crippen LogP contribution in [0.2, 0.25) is 0 Å². The zero-order valence-corrected chi connectivity index (χ0v) is 14.7. The number of aromatic nitrogens is 4. The predicted octanol–water partition coefficient (Wildman–Crippen LogP) is 0.596. The van der Waals surface area contributed by atoms with Crippen molar-refractivity contribution in [2.24, 2.45) is 14.1 Å². The first-order valence-corrected chi connectivity index (χ1v) is 8.63. The summed E-state index contributed by atoms with van der Waals surface area (Å²) in [4.78, 5) is 33.2. The van der Waals surface area contributed by atoms with Crippen LogP contribution in [0.15, 0.2) is 33.9 Å².